The quantitative estimate of drug-likeness (QED) is 0.394. The number of carbonyl (C=O) groups is 2. The third-order valence-electron chi connectivity index (χ3n) is 4.47. The van der Waals surface area contributed by atoms with E-state index in [-0.39, 0.29) is 11.8 Å². The fourth-order valence-corrected chi connectivity index (χ4v) is 4.31. The Kier molecular flexibility index (Phi) is 7.05. The van der Waals surface area contributed by atoms with Gasteiger partial charge in [-0.1, -0.05) is 42.2 Å². The Morgan fingerprint density at radius 3 is 2.93 bits per heavy atom. The highest BCUT2D eigenvalue weighted by Crippen LogP contribution is 2.35. The van der Waals surface area contributed by atoms with E-state index in [2.05, 4.69) is 10.3 Å². The van der Waals surface area contributed by atoms with E-state index in [0.717, 1.165) is 18.5 Å². The Morgan fingerprint density at radius 1 is 1.41 bits per heavy atom. The second-order valence-electron chi connectivity index (χ2n) is 6.41. The molecule has 1 aromatic heterocycles. The topological polar surface area (TPSA) is 76.5 Å². The largest absolute Gasteiger partial charge is 0.496 e. The van der Waals surface area contributed by atoms with Crippen LogP contribution in [-0.2, 0) is 16.1 Å². The van der Waals surface area contributed by atoms with Crippen LogP contribution in [0.3, 0.4) is 0 Å². The fourth-order valence-electron chi connectivity index (χ4n) is 2.90. The van der Waals surface area contributed by atoms with Gasteiger partial charge in [0.25, 0.3) is 5.91 Å². The Hall–Kier alpha value is -2.65. The average molecular weight is 431 g/mol. The van der Waals surface area contributed by atoms with Crippen molar-refractivity contribution in [3.05, 3.63) is 53.5 Å². The predicted octanol–water partition coefficient (Wildman–Crippen LogP) is 2.69. The first kappa shape index (κ1) is 21.1. The number of thiocarbonyl (C=S) groups is 1. The summed E-state index contributed by atoms with van der Waals surface area (Å²) in [7, 11) is 1.58. The maximum atomic E-state index is 12.9. The number of nitrogens with one attached hydrogen (secondary N) is 1. The lowest BCUT2D eigenvalue weighted by Gasteiger charge is -2.22. The molecule has 2 amide bonds. The molecule has 1 N–H and O–H groups in total. The monoisotopic (exact) mass is 430 g/mol. The van der Waals surface area contributed by atoms with E-state index in [9.17, 15) is 9.59 Å². The Morgan fingerprint density at radius 2 is 2.21 bits per heavy atom. The number of hydrogen-bond donors (Lipinski definition) is 1. The zero-order valence-electron chi connectivity index (χ0n) is 16.2. The van der Waals surface area contributed by atoms with Gasteiger partial charge in [-0.2, -0.15) is 0 Å². The summed E-state index contributed by atoms with van der Waals surface area (Å²) in [5.74, 6) is 0.166. The normalized spacial score (nSPS) is 16.3. The van der Waals surface area contributed by atoms with Crippen molar-refractivity contribution >= 4 is 46.2 Å². The third-order valence-corrected chi connectivity index (χ3v) is 5.80. The van der Waals surface area contributed by atoms with Crippen molar-refractivity contribution in [3.63, 3.8) is 0 Å². The van der Waals surface area contributed by atoms with Crippen LogP contribution in [0.2, 0.25) is 0 Å². The molecule has 1 aromatic carbocycles. The maximum absolute atomic E-state index is 12.9. The lowest BCUT2D eigenvalue weighted by molar-refractivity contribution is -0.132. The molecule has 2 aromatic rings. The third kappa shape index (κ3) is 5.04. The smallest absolute Gasteiger partial charge is 0.266 e. The van der Waals surface area contributed by atoms with Crippen molar-refractivity contribution in [2.24, 2.45) is 0 Å². The molecule has 152 valence electrons. The van der Waals surface area contributed by atoms with Gasteiger partial charge < -0.3 is 14.6 Å². The van der Waals surface area contributed by atoms with Crippen molar-refractivity contribution in [1.82, 2.24) is 19.8 Å². The Labute approximate surface area is 179 Å². The molecular formula is C20H22N4O3S2. The molecule has 0 radical (unpaired) electrons. The molecule has 3 rings (SSSR count). The number of aromatic nitrogens is 2. The molecule has 1 fully saturated rings. The number of imidazole rings is 1. The van der Waals surface area contributed by atoms with Crippen molar-refractivity contribution in [3.8, 4) is 5.75 Å². The van der Waals surface area contributed by atoms with E-state index in [1.807, 2.05) is 35.0 Å². The number of hydrogen-bond acceptors (Lipinski definition) is 6. The zero-order chi connectivity index (χ0) is 20.8. The van der Waals surface area contributed by atoms with Crippen LogP contribution in [0.25, 0.3) is 6.08 Å². The van der Waals surface area contributed by atoms with Crippen LogP contribution in [0, 0.1) is 0 Å². The number of aryl methyl sites for hydroxylation is 1. The van der Waals surface area contributed by atoms with Crippen molar-refractivity contribution in [1.29, 1.82) is 0 Å². The van der Waals surface area contributed by atoms with Gasteiger partial charge in [-0.3, -0.25) is 14.5 Å². The number of ether oxygens (including phenoxy) is 1. The maximum Gasteiger partial charge on any atom is 0.266 e. The van der Waals surface area contributed by atoms with Crippen LogP contribution in [0.1, 0.15) is 18.9 Å². The molecule has 29 heavy (non-hydrogen) atoms. The summed E-state index contributed by atoms with van der Waals surface area (Å²) in [5, 5.41) is 2.87. The summed E-state index contributed by atoms with van der Waals surface area (Å²) >= 11 is 6.55. The molecule has 1 aliphatic rings. The molecule has 1 aliphatic heterocycles. The number of methoxy groups -OCH3 is 1. The summed E-state index contributed by atoms with van der Waals surface area (Å²) < 4.78 is 7.65. The van der Waals surface area contributed by atoms with Gasteiger partial charge in [-0.25, -0.2) is 4.98 Å². The molecule has 9 heteroatoms. The molecule has 0 spiro atoms. The minimum absolute atomic E-state index is 0.231. The van der Waals surface area contributed by atoms with E-state index >= 15 is 0 Å². The van der Waals surface area contributed by atoms with Gasteiger partial charge in [0.05, 0.1) is 18.3 Å². The van der Waals surface area contributed by atoms with Gasteiger partial charge in [0, 0.05) is 31.0 Å². The van der Waals surface area contributed by atoms with Gasteiger partial charge in [0.2, 0.25) is 5.91 Å². The number of nitrogens with zero attached hydrogens (tertiary/aromatic N) is 3. The first-order valence-electron chi connectivity index (χ1n) is 9.15. The van der Waals surface area contributed by atoms with E-state index in [0.29, 0.717) is 21.5 Å². The summed E-state index contributed by atoms with van der Waals surface area (Å²) in [4.78, 5) is 31.2. The van der Waals surface area contributed by atoms with E-state index < -0.39 is 6.04 Å². The second kappa shape index (κ2) is 9.71. The van der Waals surface area contributed by atoms with Crippen LogP contribution in [0.5, 0.6) is 5.75 Å². The molecule has 7 nitrogen and oxygen atoms in total. The Balaban J connectivity index is 1.61. The van der Waals surface area contributed by atoms with Gasteiger partial charge in [-0.15, -0.1) is 0 Å². The van der Waals surface area contributed by atoms with Crippen LogP contribution in [-0.4, -0.2) is 50.3 Å². The van der Waals surface area contributed by atoms with E-state index in [1.54, 1.807) is 32.6 Å². The fraction of sp³-hybridized carbons (Fsp3) is 0.300. The summed E-state index contributed by atoms with van der Waals surface area (Å²) in [5.41, 5.74) is 0.784. The van der Waals surface area contributed by atoms with Crippen molar-refractivity contribution in [2.45, 2.75) is 25.9 Å². The van der Waals surface area contributed by atoms with Gasteiger partial charge in [-0.05, 0) is 25.5 Å². The minimum atomic E-state index is -0.681. The standard InChI is InChI=1S/C20H22N4O3S2/c1-14(18(25)22-8-5-10-23-11-9-21-13-23)24-19(26)17(29-20(24)28)12-15-6-3-4-7-16(15)27-2/h3-4,6-7,9,11-14H,5,8,10H2,1-2H3,(H,22,25)/b17-12-. The van der Waals surface area contributed by atoms with Crippen LogP contribution >= 0.6 is 24.0 Å². The first-order valence-corrected chi connectivity index (χ1v) is 10.4. The highest BCUT2D eigenvalue weighted by Gasteiger charge is 2.38. The minimum Gasteiger partial charge on any atom is -0.496 e. The molecule has 0 aliphatic carbocycles. The lowest BCUT2D eigenvalue weighted by atomic mass is 10.1. The zero-order valence-corrected chi connectivity index (χ0v) is 17.8. The van der Waals surface area contributed by atoms with Gasteiger partial charge in [0.1, 0.15) is 16.1 Å². The molecule has 2 heterocycles. The SMILES string of the molecule is COc1ccccc1/C=C1\SC(=S)N(C(C)C(=O)NCCCn2ccnc2)C1=O. The molecule has 0 saturated carbocycles. The van der Waals surface area contributed by atoms with Gasteiger partial charge in [0.15, 0.2) is 0 Å². The first-order chi connectivity index (χ1) is 14.0. The number of para-hydroxylation sites is 1. The summed E-state index contributed by atoms with van der Waals surface area (Å²) in [6.07, 6.45) is 7.83. The van der Waals surface area contributed by atoms with Crippen LogP contribution in [0.4, 0.5) is 0 Å². The number of benzene rings is 1. The molecular weight excluding hydrogens is 408 g/mol. The predicted molar refractivity (Wildman–Crippen MR) is 117 cm³/mol. The van der Waals surface area contributed by atoms with Gasteiger partial charge >= 0.3 is 0 Å². The number of thioether (sulfide) groups is 1. The molecule has 1 unspecified atom stereocenters. The van der Waals surface area contributed by atoms with Crippen molar-refractivity contribution in [2.75, 3.05) is 13.7 Å². The Bertz CT molecular complexity index is 928. The number of carbonyl (C=O) groups excluding carboxylic acids is 2. The van der Waals surface area contributed by atoms with E-state index in [4.69, 9.17) is 17.0 Å². The molecule has 1 saturated heterocycles. The summed E-state index contributed by atoms with van der Waals surface area (Å²) in [6, 6.07) is 6.74. The molecule has 0 bridgehead atoms. The van der Waals surface area contributed by atoms with Crippen LogP contribution in [0.15, 0.2) is 47.9 Å². The van der Waals surface area contributed by atoms with Crippen LogP contribution < -0.4 is 10.1 Å². The van der Waals surface area contributed by atoms with Crippen molar-refractivity contribution < 1.29 is 14.3 Å². The average Bonchev–Trinajstić information content (AvgIpc) is 3.33. The highest BCUT2D eigenvalue weighted by molar-refractivity contribution is 8.26. The number of rotatable bonds is 8. The lowest BCUT2D eigenvalue weighted by Crippen LogP contribution is -2.47. The highest BCUT2D eigenvalue weighted by atomic mass is 32.2. The summed E-state index contributed by atoms with van der Waals surface area (Å²) in [6.45, 7) is 2.95. The number of amides is 2. The molecule has 1 atom stereocenters. The second-order valence-corrected chi connectivity index (χ2v) is 8.09. The van der Waals surface area contributed by atoms with E-state index in [1.165, 1.54) is 16.7 Å².